The second-order valence-electron chi connectivity index (χ2n) is 9.48. The van der Waals surface area contributed by atoms with Crippen molar-refractivity contribution in [2.45, 2.75) is 33.7 Å². The second kappa shape index (κ2) is 10.6. The molecule has 7 heteroatoms. The monoisotopic (exact) mass is 421 g/mol. The van der Waals surface area contributed by atoms with Crippen LogP contribution in [0.2, 0.25) is 0 Å². The molecule has 0 atom stereocenters. The van der Waals surface area contributed by atoms with Crippen LogP contribution in [0.25, 0.3) is 0 Å². The lowest BCUT2D eigenvalue weighted by molar-refractivity contribution is 0.313. The molecule has 1 saturated heterocycles. The van der Waals surface area contributed by atoms with Crippen LogP contribution in [0.5, 0.6) is 0 Å². The zero-order chi connectivity index (χ0) is 22.3. The van der Waals surface area contributed by atoms with Gasteiger partial charge in [0.05, 0.1) is 0 Å². The van der Waals surface area contributed by atoms with Crippen molar-refractivity contribution in [3.8, 4) is 6.07 Å². The van der Waals surface area contributed by atoms with E-state index in [1.807, 2.05) is 6.07 Å². The fourth-order valence-electron chi connectivity index (χ4n) is 3.49. The molecule has 0 amide bonds. The van der Waals surface area contributed by atoms with Gasteiger partial charge in [0.15, 0.2) is 0 Å². The third-order valence-electron chi connectivity index (χ3n) is 5.46. The lowest BCUT2D eigenvalue weighted by Crippen LogP contribution is -2.44. The van der Waals surface area contributed by atoms with Gasteiger partial charge in [-0.2, -0.15) is 5.26 Å². The highest BCUT2D eigenvalue weighted by Gasteiger charge is 2.14. The van der Waals surface area contributed by atoms with Crippen molar-refractivity contribution in [2.75, 3.05) is 56.5 Å². The van der Waals surface area contributed by atoms with Crippen LogP contribution in [0.4, 0.5) is 11.5 Å². The van der Waals surface area contributed by atoms with Crippen molar-refractivity contribution in [1.82, 2.24) is 20.2 Å². The number of anilines is 2. The molecule has 0 saturated carbocycles. The van der Waals surface area contributed by atoms with Crippen molar-refractivity contribution in [3.05, 3.63) is 47.4 Å². The van der Waals surface area contributed by atoms with Crippen LogP contribution < -0.4 is 15.5 Å². The molecule has 0 unspecified atom stereocenters. The highest BCUT2D eigenvalue weighted by Crippen LogP contribution is 2.18. The predicted octanol–water partition coefficient (Wildman–Crippen LogP) is 2.89. The number of nitriles is 1. The van der Waals surface area contributed by atoms with Crippen molar-refractivity contribution in [2.24, 2.45) is 5.41 Å². The Hall–Kier alpha value is -2.69. The van der Waals surface area contributed by atoms with Crippen LogP contribution in [0.3, 0.4) is 0 Å². The zero-order valence-corrected chi connectivity index (χ0v) is 19.3. The minimum absolute atomic E-state index is 0.124. The van der Waals surface area contributed by atoms with E-state index in [2.05, 4.69) is 82.5 Å². The van der Waals surface area contributed by atoms with Gasteiger partial charge in [-0.05, 0) is 43.1 Å². The Kier molecular flexibility index (Phi) is 7.83. The first-order valence-corrected chi connectivity index (χ1v) is 11.1. The fourth-order valence-corrected chi connectivity index (χ4v) is 3.49. The summed E-state index contributed by atoms with van der Waals surface area (Å²) in [7, 11) is 2.18. The lowest BCUT2D eigenvalue weighted by Gasteiger charge is -2.34. The van der Waals surface area contributed by atoms with E-state index in [1.54, 1.807) is 6.20 Å². The lowest BCUT2D eigenvalue weighted by atomic mass is 9.97. The van der Waals surface area contributed by atoms with Crippen molar-refractivity contribution in [3.63, 3.8) is 0 Å². The number of benzene rings is 1. The highest BCUT2D eigenvalue weighted by atomic mass is 15.2. The Morgan fingerprint density at radius 3 is 2.45 bits per heavy atom. The topological polar surface area (TPSA) is 80.1 Å². The van der Waals surface area contributed by atoms with Crippen LogP contribution in [0.15, 0.2) is 30.5 Å². The summed E-state index contributed by atoms with van der Waals surface area (Å²) >= 11 is 0. The fraction of sp³-hybridized carbons (Fsp3) is 0.542. The number of rotatable bonds is 8. The van der Waals surface area contributed by atoms with Crippen LogP contribution >= 0.6 is 0 Å². The van der Waals surface area contributed by atoms with Gasteiger partial charge in [-0.25, -0.2) is 9.97 Å². The molecule has 1 aromatic heterocycles. The maximum atomic E-state index is 9.11. The van der Waals surface area contributed by atoms with E-state index in [9.17, 15) is 0 Å². The number of nitrogens with zero attached hydrogens (tertiary/aromatic N) is 5. The summed E-state index contributed by atoms with van der Waals surface area (Å²) in [6.45, 7) is 13.2. The number of hydrogen-bond acceptors (Lipinski definition) is 7. The van der Waals surface area contributed by atoms with Crippen LogP contribution in [0.1, 0.15) is 37.7 Å². The third kappa shape index (κ3) is 7.20. The Morgan fingerprint density at radius 1 is 1.10 bits per heavy atom. The summed E-state index contributed by atoms with van der Waals surface area (Å²) in [5.74, 6) is 0.936. The molecule has 0 spiro atoms. The minimum Gasteiger partial charge on any atom is -0.369 e. The molecule has 166 valence electrons. The Morgan fingerprint density at radius 2 is 1.81 bits per heavy atom. The summed E-state index contributed by atoms with van der Waals surface area (Å²) in [6.07, 6.45) is 2.71. The highest BCUT2D eigenvalue weighted by molar-refractivity contribution is 5.48. The van der Waals surface area contributed by atoms with E-state index in [4.69, 9.17) is 5.26 Å². The number of nitrogens with one attached hydrogen (secondary N) is 2. The molecule has 2 aromatic rings. The number of piperazine rings is 1. The summed E-state index contributed by atoms with van der Waals surface area (Å²) in [5.41, 5.74) is 3.74. The van der Waals surface area contributed by atoms with E-state index in [1.165, 1.54) is 11.3 Å². The second-order valence-corrected chi connectivity index (χ2v) is 9.48. The SMILES string of the molecule is CN1CCN(c2ccc(CCNCc3cnc(C#N)nc3NCC(C)(C)C)cc2)CC1. The smallest absolute Gasteiger partial charge is 0.234 e. The average molecular weight is 422 g/mol. The van der Waals surface area contributed by atoms with Gasteiger partial charge in [0, 0.05) is 56.7 Å². The Labute approximate surface area is 186 Å². The normalized spacial score (nSPS) is 15.0. The molecule has 1 aliphatic heterocycles. The van der Waals surface area contributed by atoms with Crippen LogP contribution in [-0.2, 0) is 13.0 Å². The first kappa shape index (κ1) is 23.0. The maximum Gasteiger partial charge on any atom is 0.234 e. The zero-order valence-electron chi connectivity index (χ0n) is 19.3. The Bertz CT molecular complexity index is 872. The molecule has 2 heterocycles. The minimum atomic E-state index is 0.124. The van der Waals surface area contributed by atoms with Crippen molar-refractivity contribution in [1.29, 1.82) is 5.26 Å². The molecule has 2 N–H and O–H groups in total. The van der Waals surface area contributed by atoms with Gasteiger partial charge in [-0.3, -0.25) is 0 Å². The van der Waals surface area contributed by atoms with Crippen LogP contribution in [-0.4, -0.2) is 61.2 Å². The standard InChI is InChI=1S/C24H35N7/c1-24(2,3)18-28-23-20(17-27-22(15-25)29-23)16-26-10-9-19-5-7-21(8-6-19)31-13-11-30(4)12-14-31/h5-8,17,26H,9-14,16,18H2,1-4H3,(H,27,28,29). The van der Waals surface area contributed by atoms with Gasteiger partial charge < -0.3 is 20.4 Å². The first-order valence-electron chi connectivity index (χ1n) is 11.1. The van der Waals surface area contributed by atoms with Gasteiger partial charge in [-0.15, -0.1) is 0 Å². The van der Waals surface area contributed by atoms with Gasteiger partial charge in [0.1, 0.15) is 11.9 Å². The summed E-state index contributed by atoms with van der Waals surface area (Å²) in [5, 5.41) is 16.0. The van der Waals surface area contributed by atoms with Gasteiger partial charge in [-0.1, -0.05) is 32.9 Å². The van der Waals surface area contributed by atoms with Gasteiger partial charge >= 0.3 is 0 Å². The molecule has 1 aromatic carbocycles. The predicted molar refractivity (Wildman–Crippen MR) is 126 cm³/mol. The van der Waals surface area contributed by atoms with Crippen molar-refractivity contribution < 1.29 is 0 Å². The van der Waals surface area contributed by atoms with E-state index >= 15 is 0 Å². The van der Waals surface area contributed by atoms with E-state index in [0.29, 0.717) is 6.54 Å². The molecular weight excluding hydrogens is 386 g/mol. The molecular formula is C24H35N7. The van der Waals surface area contributed by atoms with Crippen LogP contribution in [0, 0.1) is 16.7 Å². The summed E-state index contributed by atoms with van der Waals surface area (Å²) in [6, 6.07) is 11.0. The quantitative estimate of drug-likeness (QED) is 0.635. The molecule has 1 fully saturated rings. The van der Waals surface area contributed by atoms with Gasteiger partial charge in [0.25, 0.3) is 0 Å². The largest absolute Gasteiger partial charge is 0.369 e. The third-order valence-corrected chi connectivity index (χ3v) is 5.46. The molecule has 3 rings (SSSR count). The summed E-state index contributed by atoms with van der Waals surface area (Å²) in [4.78, 5) is 13.3. The molecule has 1 aliphatic rings. The molecule has 7 nitrogen and oxygen atoms in total. The Balaban J connectivity index is 1.49. The van der Waals surface area contributed by atoms with E-state index in [-0.39, 0.29) is 11.2 Å². The van der Waals surface area contributed by atoms with Crippen molar-refractivity contribution >= 4 is 11.5 Å². The van der Waals surface area contributed by atoms with E-state index in [0.717, 1.165) is 57.1 Å². The number of hydrogen-bond donors (Lipinski definition) is 2. The molecule has 0 bridgehead atoms. The number of likely N-dealkylation sites (N-methyl/N-ethyl adjacent to an activating group) is 1. The van der Waals surface area contributed by atoms with Gasteiger partial charge in [0.2, 0.25) is 5.82 Å². The molecule has 0 aliphatic carbocycles. The van der Waals surface area contributed by atoms with E-state index < -0.39 is 0 Å². The summed E-state index contributed by atoms with van der Waals surface area (Å²) < 4.78 is 0. The average Bonchev–Trinajstić information content (AvgIpc) is 2.76. The maximum absolute atomic E-state index is 9.11. The number of aromatic nitrogens is 2. The molecule has 31 heavy (non-hydrogen) atoms. The first-order chi connectivity index (χ1) is 14.8. The molecule has 0 radical (unpaired) electrons.